The molecular formula is C8H6BrNaO3. The van der Waals surface area contributed by atoms with Crippen molar-refractivity contribution in [3.8, 4) is 5.75 Å². The van der Waals surface area contributed by atoms with E-state index >= 15 is 0 Å². The van der Waals surface area contributed by atoms with Crippen LogP contribution in [0.4, 0.5) is 0 Å². The van der Waals surface area contributed by atoms with Crippen LogP contribution < -0.4 is 39.4 Å². The largest absolute Gasteiger partial charge is 1.00 e. The predicted molar refractivity (Wildman–Crippen MR) is 44.6 cm³/mol. The van der Waals surface area contributed by atoms with Crippen LogP contribution in [0.2, 0.25) is 0 Å². The summed E-state index contributed by atoms with van der Waals surface area (Å²) in [6.07, 6.45) is 0. The van der Waals surface area contributed by atoms with E-state index in [0.717, 1.165) is 4.47 Å². The summed E-state index contributed by atoms with van der Waals surface area (Å²) in [6.45, 7) is -0.428. The second-order valence-corrected chi connectivity index (χ2v) is 2.95. The molecule has 0 spiro atoms. The van der Waals surface area contributed by atoms with Crippen LogP contribution in [-0.4, -0.2) is 12.6 Å². The van der Waals surface area contributed by atoms with Gasteiger partial charge in [0.1, 0.15) is 12.4 Å². The molecule has 0 atom stereocenters. The van der Waals surface area contributed by atoms with Crippen LogP contribution in [0.15, 0.2) is 28.7 Å². The summed E-state index contributed by atoms with van der Waals surface area (Å²) in [6, 6.07) is 7.02. The van der Waals surface area contributed by atoms with Crippen LogP contribution in [-0.2, 0) is 4.79 Å². The smallest absolute Gasteiger partial charge is 0.546 e. The number of halogens is 1. The maximum atomic E-state index is 10.0. The van der Waals surface area contributed by atoms with Gasteiger partial charge in [-0.25, -0.2) is 0 Å². The second-order valence-electron chi connectivity index (χ2n) is 2.09. The van der Waals surface area contributed by atoms with Crippen molar-refractivity contribution in [1.82, 2.24) is 0 Å². The van der Waals surface area contributed by atoms with E-state index in [1.807, 2.05) is 6.07 Å². The second kappa shape index (κ2) is 6.43. The van der Waals surface area contributed by atoms with Gasteiger partial charge in [0.2, 0.25) is 0 Å². The third kappa shape index (κ3) is 4.67. The number of carbonyl (C=O) groups is 1. The molecule has 3 nitrogen and oxygen atoms in total. The van der Waals surface area contributed by atoms with Crippen LogP contribution in [0, 0.1) is 0 Å². The SMILES string of the molecule is O=C([O-])COc1ccccc1Br.[Na+]. The number of hydrogen-bond acceptors (Lipinski definition) is 3. The summed E-state index contributed by atoms with van der Waals surface area (Å²) < 4.78 is 5.62. The summed E-state index contributed by atoms with van der Waals surface area (Å²) in [5.41, 5.74) is 0. The molecule has 0 aliphatic rings. The van der Waals surface area contributed by atoms with Crippen molar-refractivity contribution in [1.29, 1.82) is 0 Å². The molecule has 0 unspecified atom stereocenters. The van der Waals surface area contributed by atoms with Gasteiger partial charge in [-0.15, -0.1) is 0 Å². The van der Waals surface area contributed by atoms with E-state index in [4.69, 9.17) is 4.74 Å². The normalized spacial score (nSPS) is 8.69. The first kappa shape index (κ1) is 13.0. The standard InChI is InChI=1S/C8H7BrO3.Na/c9-6-3-1-2-4-7(6)12-5-8(10)11;/h1-4H,5H2,(H,10,11);/q;+1/p-1. The van der Waals surface area contributed by atoms with Crippen LogP contribution in [0.3, 0.4) is 0 Å². The molecule has 0 aliphatic heterocycles. The van der Waals surface area contributed by atoms with E-state index in [-0.39, 0.29) is 29.6 Å². The molecule has 0 saturated carbocycles. The molecule has 5 heteroatoms. The topological polar surface area (TPSA) is 49.4 Å². The summed E-state index contributed by atoms with van der Waals surface area (Å²) in [5.74, 6) is -0.729. The van der Waals surface area contributed by atoms with E-state index in [1.54, 1.807) is 18.2 Å². The third-order valence-corrected chi connectivity index (χ3v) is 1.84. The monoisotopic (exact) mass is 252 g/mol. The maximum absolute atomic E-state index is 10.0. The summed E-state index contributed by atoms with van der Waals surface area (Å²) in [5, 5.41) is 10.0. The molecule has 0 heterocycles. The Hall–Kier alpha value is -0.0300. The number of ether oxygens (including phenoxy) is 1. The molecule has 13 heavy (non-hydrogen) atoms. The minimum atomic E-state index is -1.23. The number of carboxylic acid groups (broad SMARTS) is 1. The number of rotatable bonds is 3. The van der Waals surface area contributed by atoms with Gasteiger partial charge in [-0.2, -0.15) is 0 Å². The molecule has 0 saturated heterocycles. The number of carboxylic acids is 1. The Morgan fingerprint density at radius 3 is 2.62 bits per heavy atom. The number of benzene rings is 1. The third-order valence-electron chi connectivity index (χ3n) is 1.18. The Morgan fingerprint density at radius 2 is 2.08 bits per heavy atom. The van der Waals surface area contributed by atoms with Crippen molar-refractivity contribution in [3.05, 3.63) is 28.7 Å². The molecule has 1 aromatic rings. The number of aliphatic carboxylic acids is 1. The molecule has 1 rings (SSSR count). The van der Waals surface area contributed by atoms with Crippen molar-refractivity contribution in [3.63, 3.8) is 0 Å². The molecule has 0 N–H and O–H groups in total. The Kier molecular flexibility index (Phi) is 6.41. The minimum absolute atomic E-state index is 0. The Morgan fingerprint density at radius 1 is 1.46 bits per heavy atom. The predicted octanol–water partition coefficient (Wildman–Crippen LogP) is -2.42. The van der Waals surface area contributed by atoms with Crippen molar-refractivity contribution >= 4 is 21.9 Å². The van der Waals surface area contributed by atoms with Gasteiger partial charge in [-0.1, -0.05) is 12.1 Å². The fourth-order valence-electron chi connectivity index (χ4n) is 0.698. The molecule has 64 valence electrons. The van der Waals surface area contributed by atoms with Gasteiger partial charge in [-0.3, -0.25) is 0 Å². The van der Waals surface area contributed by atoms with Crippen LogP contribution in [0.1, 0.15) is 0 Å². The van der Waals surface area contributed by atoms with E-state index in [9.17, 15) is 9.90 Å². The zero-order chi connectivity index (χ0) is 8.97. The molecular weight excluding hydrogens is 247 g/mol. The Balaban J connectivity index is 0.00000144. The van der Waals surface area contributed by atoms with Gasteiger partial charge in [-0.05, 0) is 28.1 Å². The van der Waals surface area contributed by atoms with E-state index in [1.165, 1.54) is 0 Å². The molecule has 0 bridgehead atoms. The van der Waals surface area contributed by atoms with Crippen LogP contribution in [0.25, 0.3) is 0 Å². The molecule has 0 aromatic heterocycles. The first-order chi connectivity index (χ1) is 5.70. The first-order valence-electron chi connectivity index (χ1n) is 3.27. The van der Waals surface area contributed by atoms with Crippen molar-refractivity contribution in [2.45, 2.75) is 0 Å². The van der Waals surface area contributed by atoms with Gasteiger partial charge in [0, 0.05) is 0 Å². The number of carbonyl (C=O) groups excluding carboxylic acids is 1. The van der Waals surface area contributed by atoms with Crippen LogP contribution in [0.5, 0.6) is 5.75 Å². The first-order valence-corrected chi connectivity index (χ1v) is 4.06. The number of hydrogen-bond donors (Lipinski definition) is 0. The number of para-hydroxylation sites is 1. The fourth-order valence-corrected chi connectivity index (χ4v) is 1.10. The zero-order valence-corrected chi connectivity index (χ0v) is 10.7. The van der Waals surface area contributed by atoms with Gasteiger partial charge in [0.05, 0.1) is 10.4 Å². The average molecular weight is 253 g/mol. The molecule has 0 amide bonds. The molecule has 0 aliphatic carbocycles. The maximum Gasteiger partial charge on any atom is 1.00 e. The minimum Gasteiger partial charge on any atom is -0.546 e. The van der Waals surface area contributed by atoms with Crippen molar-refractivity contribution in [2.24, 2.45) is 0 Å². The summed E-state index contributed by atoms with van der Waals surface area (Å²) in [7, 11) is 0. The summed E-state index contributed by atoms with van der Waals surface area (Å²) >= 11 is 3.21. The van der Waals surface area contributed by atoms with Crippen LogP contribution >= 0.6 is 15.9 Å². The Bertz CT molecular complexity index is 290. The van der Waals surface area contributed by atoms with E-state index < -0.39 is 12.6 Å². The average Bonchev–Trinajstić information content (AvgIpc) is 2.03. The summed E-state index contributed by atoms with van der Waals surface area (Å²) in [4.78, 5) is 10.0. The fraction of sp³-hybridized carbons (Fsp3) is 0.125. The van der Waals surface area contributed by atoms with E-state index in [0.29, 0.717) is 5.75 Å². The van der Waals surface area contributed by atoms with Gasteiger partial charge >= 0.3 is 29.6 Å². The zero-order valence-electron chi connectivity index (χ0n) is 7.12. The van der Waals surface area contributed by atoms with Crippen molar-refractivity contribution in [2.75, 3.05) is 6.61 Å². The quantitative estimate of drug-likeness (QED) is 0.563. The van der Waals surface area contributed by atoms with Crippen molar-refractivity contribution < 1.29 is 44.2 Å². The van der Waals surface area contributed by atoms with Gasteiger partial charge < -0.3 is 14.6 Å². The molecule has 0 fully saturated rings. The van der Waals surface area contributed by atoms with Gasteiger partial charge in [0.25, 0.3) is 0 Å². The molecule has 0 radical (unpaired) electrons. The van der Waals surface area contributed by atoms with Gasteiger partial charge in [0.15, 0.2) is 0 Å². The molecule has 1 aromatic carbocycles. The Labute approximate surface area is 107 Å². The van der Waals surface area contributed by atoms with E-state index in [2.05, 4.69) is 15.9 Å².